The maximum absolute atomic E-state index is 2.24. The molecule has 0 atom stereocenters. The number of aromatic nitrogens is 1. The van der Waals surface area contributed by atoms with E-state index in [0.717, 1.165) is 0 Å². The van der Waals surface area contributed by atoms with E-state index in [2.05, 4.69) is 53.9 Å². The molecule has 0 saturated heterocycles. The number of pyridine rings is 1. The summed E-state index contributed by atoms with van der Waals surface area (Å²) in [6.45, 7) is 2.13. The molecular weight excluding hydrogens is 270 g/mol. The van der Waals surface area contributed by atoms with E-state index >= 15 is 0 Å². The lowest BCUT2D eigenvalue weighted by molar-refractivity contribution is -0.477. The van der Waals surface area contributed by atoms with Crippen LogP contribution >= 0.6 is 11.3 Å². The fourth-order valence-corrected chi connectivity index (χ4v) is 2.86. The van der Waals surface area contributed by atoms with Gasteiger partial charge < -0.3 is 17.0 Å². The van der Waals surface area contributed by atoms with Gasteiger partial charge in [0, 0.05) is 18.2 Å². The van der Waals surface area contributed by atoms with Crippen LogP contribution in [0.25, 0.3) is 15.0 Å². The van der Waals surface area contributed by atoms with E-state index in [9.17, 15) is 0 Å². The van der Waals surface area contributed by atoms with Crippen LogP contribution < -0.4 is 21.4 Å². The Morgan fingerprint density at radius 1 is 1.13 bits per heavy atom. The van der Waals surface area contributed by atoms with Gasteiger partial charge in [0.15, 0.2) is 6.20 Å². The molecule has 0 aliphatic rings. The van der Waals surface area contributed by atoms with Gasteiger partial charge in [0.1, 0.15) is 4.70 Å². The van der Waals surface area contributed by atoms with Crippen LogP contribution in [0.15, 0.2) is 42.6 Å². The lowest BCUT2D eigenvalue weighted by atomic mass is 10.3. The van der Waals surface area contributed by atoms with E-state index in [1.807, 2.05) is 11.3 Å². The van der Waals surface area contributed by atoms with Crippen molar-refractivity contribution < 1.29 is 21.4 Å². The van der Waals surface area contributed by atoms with Crippen molar-refractivity contribution in [2.45, 2.75) is 6.92 Å². The highest BCUT2D eigenvalue weighted by Gasteiger charge is 2.11. The number of aryl methyl sites for hydroxylation is 1. The number of hydrogen-bond donors (Lipinski definition) is 0. The molecule has 0 unspecified atom stereocenters. The van der Waals surface area contributed by atoms with Crippen LogP contribution in [0.2, 0.25) is 0 Å². The summed E-state index contributed by atoms with van der Waals surface area (Å²) in [7, 11) is 0. The highest BCUT2D eigenvalue weighted by Crippen LogP contribution is 2.20. The fraction of sp³-hybridized carbons (Fsp3) is 0.0833. The average molecular weight is 280 g/mol. The van der Waals surface area contributed by atoms with E-state index < -0.39 is 0 Å². The topological polar surface area (TPSA) is 4.10 Å². The van der Waals surface area contributed by atoms with Gasteiger partial charge in [-0.25, -0.2) is 0 Å². The van der Waals surface area contributed by atoms with Gasteiger partial charge in [0.25, 0.3) is 4.83 Å². The van der Waals surface area contributed by atoms with E-state index in [-0.39, 0.29) is 17.0 Å². The number of fused-ring (bicyclic) bond motifs is 3. The van der Waals surface area contributed by atoms with Crippen molar-refractivity contribution in [1.29, 1.82) is 0 Å². The summed E-state index contributed by atoms with van der Waals surface area (Å²) in [6.07, 6.45) is 2.14. The van der Waals surface area contributed by atoms with Gasteiger partial charge in [0.2, 0.25) is 5.52 Å². The molecule has 3 rings (SSSR count). The summed E-state index contributed by atoms with van der Waals surface area (Å²) in [5, 5.41) is 0. The molecular formula is C12H10BrNS. The summed E-state index contributed by atoms with van der Waals surface area (Å²) in [5.74, 6) is 0. The first-order valence-corrected chi connectivity index (χ1v) is 5.46. The Balaban J connectivity index is 0.000000853. The number of rotatable bonds is 0. The maximum Gasteiger partial charge on any atom is 0.268 e. The SMILES string of the molecule is Cc1cc[n+]2c(c1)sc1ccccc12.[Br-]. The molecule has 3 aromatic rings. The molecule has 0 aliphatic carbocycles. The summed E-state index contributed by atoms with van der Waals surface area (Å²) < 4.78 is 3.59. The van der Waals surface area contributed by atoms with Gasteiger partial charge in [-0.1, -0.05) is 23.5 Å². The Labute approximate surface area is 103 Å². The predicted octanol–water partition coefficient (Wildman–Crippen LogP) is -0.0476. The van der Waals surface area contributed by atoms with Crippen molar-refractivity contribution in [3.63, 3.8) is 0 Å². The second-order valence-corrected chi connectivity index (χ2v) is 4.54. The molecule has 0 radical (unpaired) electrons. The standard InChI is InChI=1S/C12H10NS.BrH/c1-9-6-7-13-10-4-2-3-5-11(10)14-12(13)8-9;/h2-8H,1H3;1H/q+1;/p-1. The lowest BCUT2D eigenvalue weighted by Gasteiger charge is -1.86. The van der Waals surface area contributed by atoms with E-state index in [0.29, 0.717) is 0 Å². The molecule has 0 spiro atoms. The van der Waals surface area contributed by atoms with Gasteiger partial charge in [0.05, 0.1) is 0 Å². The minimum Gasteiger partial charge on any atom is -1.00 e. The quantitative estimate of drug-likeness (QED) is 0.509. The Morgan fingerprint density at radius 3 is 2.80 bits per heavy atom. The number of thiazole rings is 1. The van der Waals surface area contributed by atoms with Crippen LogP contribution in [0.5, 0.6) is 0 Å². The van der Waals surface area contributed by atoms with Crippen LogP contribution in [-0.4, -0.2) is 0 Å². The number of hydrogen-bond acceptors (Lipinski definition) is 1. The number of halogens is 1. The summed E-state index contributed by atoms with van der Waals surface area (Å²) >= 11 is 1.84. The second kappa shape index (κ2) is 3.91. The molecule has 0 N–H and O–H groups in total. The molecule has 0 saturated carbocycles. The third kappa shape index (κ3) is 1.66. The molecule has 2 heterocycles. The smallest absolute Gasteiger partial charge is 0.268 e. The molecule has 2 aromatic heterocycles. The molecule has 76 valence electrons. The molecule has 1 nitrogen and oxygen atoms in total. The van der Waals surface area contributed by atoms with Crippen LogP contribution in [0.3, 0.4) is 0 Å². The summed E-state index contributed by atoms with van der Waals surface area (Å²) in [5.41, 5.74) is 2.61. The van der Waals surface area contributed by atoms with Crippen LogP contribution in [0.1, 0.15) is 5.56 Å². The number of benzene rings is 1. The Kier molecular flexibility index (Phi) is 2.76. The first-order valence-electron chi connectivity index (χ1n) is 4.64. The van der Waals surface area contributed by atoms with Gasteiger partial charge >= 0.3 is 0 Å². The average Bonchev–Trinajstić information content (AvgIpc) is 2.54. The van der Waals surface area contributed by atoms with E-state index in [1.54, 1.807) is 0 Å². The van der Waals surface area contributed by atoms with Crippen molar-refractivity contribution in [3.8, 4) is 0 Å². The molecule has 0 bridgehead atoms. The second-order valence-electron chi connectivity index (χ2n) is 3.48. The van der Waals surface area contributed by atoms with Crippen LogP contribution in [0, 0.1) is 6.92 Å². The normalized spacial score (nSPS) is 10.5. The zero-order valence-corrected chi connectivity index (χ0v) is 10.7. The third-order valence-corrected chi connectivity index (χ3v) is 3.50. The van der Waals surface area contributed by atoms with E-state index in [1.165, 1.54) is 20.6 Å². The van der Waals surface area contributed by atoms with Crippen molar-refractivity contribution in [1.82, 2.24) is 0 Å². The maximum atomic E-state index is 2.24. The summed E-state index contributed by atoms with van der Waals surface area (Å²) in [6, 6.07) is 12.9. The van der Waals surface area contributed by atoms with Crippen molar-refractivity contribution >= 4 is 26.4 Å². The minimum absolute atomic E-state index is 0. The lowest BCUT2D eigenvalue weighted by Crippen LogP contribution is -3.00. The fourth-order valence-electron chi connectivity index (χ4n) is 1.71. The van der Waals surface area contributed by atoms with Gasteiger partial charge in [-0.05, 0) is 18.6 Å². The van der Waals surface area contributed by atoms with E-state index in [4.69, 9.17) is 0 Å². The van der Waals surface area contributed by atoms with Crippen molar-refractivity contribution in [2.24, 2.45) is 0 Å². The predicted molar refractivity (Wildman–Crippen MR) is 59.7 cm³/mol. The van der Waals surface area contributed by atoms with Crippen molar-refractivity contribution in [2.75, 3.05) is 0 Å². The molecule has 0 fully saturated rings. The minimum atomic E-state index is 0. The van der Waals surface area contributed by atoms with Crippen LogP contribution in [0.4, 0.5) is 0 Å². The zero-order chi connectivity index (χ0) is 9.54. The Hall–Kier alpha value is -0.930. The van der Waals surface area contributed by atoms with Crippen LogP contribution in [-0.2, 0) is 0 Å². The largest absolute Gasteiger partial charge is 1.00 e. The molecule has 3 heteroatoms. The first-order chi connectivity index (χ1) is 6.84. The molecule has 0 amide bonds. The van der Waals surface area contributed by atoms with Crippen molar-refractivity contribution in [3.05, 3.63) is 48.2 Å². The highest BCUT2D eigenvalue weighted by atomic mass is 79.9. The summed E-state index contributed by atoms with van der Waals surface area (Å²) in [4.78, 5) is 1.31. The van der Waals surface area contributed by atoms with Gasteiger partial charge in [-0.2, -0.15) is 4.40 Å². The zero-order valence-electron chi connectivity index (χ0n) is 8.27. The number of nitrogens with zero attached hydrogens (tertiary/aromatic N) is 1. The first kappa shape index (κ1) is 10.6. The van der Waals surface area contributed by atoms with Gasteiger partial charge in [-0.15, -0.1) is 0 Å². The third-order valence-electron chi connectivity index (χ3n) is 2.41. The Bertz CT molecular complexity index is 615. The monoisotopic (exact) mass is 279 g/mol. The highest BCUT2D eigenvalue weighted by molar-refractivity contribution is 7.23. The molecule has 0 aliphatic heterocycles. The molecule has 15 heavy (non-hydrogen) atoms. The number of para-hydroxylation sites is 1. The Morgan fingerprint density at radius 2 is 1.93 bits per heavy atom. The molecule has 1 aromatic carbocycles. The van der Waals surface area contributed by atoms with Gasteiger partial charge in [-0.3, -0.25) is 0 Å².